The van der Waals surface area contributed by atoms with Crippen molar-refractivity contribution >= 4 is 21.8 Å². The molecule has 1 aromatic carbocycles. The Bertz CT molecular complexity index is 492. The minimum atomic E-state index is -0.324. The van der Waals surface area contributed by atoms with Crippen LogP contribution >= 0.6 is 15.9 Å². The molecule has 1 fully saturated rings. The molecule has 4 nitrogen and oxygen atoms in total. The van der Waals surface area contributed by atoms with Crippen molar-refractivity contribution in [2.75, 3.05) is 13.7 Å². The van der Waals surface area contributed by atoms with Gasteiger partial charge in [0.05, 0.1) is 24.3 Å². The molecular formula is C14H18BrNO3. The molecule has 1 aliphatic rings. The topological polar surface area (TPSA) is 47.6 Å². The summed E-state index contributed by atoms with van der Waals surface area (Å²) in [7, 11) is 1.56. The number of amides is 1. The highest BCUT2D eigenvalue weighted by Gasteiger charge is 2.38. The lowest BCUT2D eigenvalue weighted by Crippen LogP contribution is -2.50. The molecule has 0 aromatic heterocycles. The van der Waals surface area contributed by atoms with Crippen molar-refractivity contribution in [2.24, 2.45) is 0 Å². The fourth-order valence-corrected chi connectivity index (χ4v) is 2.52. The van der Waals surface area contributed by atoms with E-state index in [9.17, 15) is 4.79 Å². The van der Waals surface area contributed by atoms with Gasteiger partial charge in [-0.3, -0.25) is 4.79 Å². The predicted molar refractivity (Wildman–Crippen MR) is 76.6 cm³/mol. The van der Waals surface area contributed by atoms with Crippen molar-refractivity contribution in [1.82, 2.24) is 5.32 Å². The maximum Gasteiger partial charge on any atom is 0.255 e. The molecule has 1 heterocycles. The van der Waals surface area contributed by atoms with Crippen LogP contribution in [0.1, 0.15) is 30.6 Å². The zero-order valence-corrected chi connectivity index (χ0v) is 12.9. The summed E-state index contributed by atoms with van der Waals surface area (Å²) in [5, 5.41) is 3.06. The average Bonchev–Trinajstić information content (AvgIpc) is 2.68. The van der Waals surface area contributed by atoms with Crippen LogP contribution in [0.5, 0.6) is 5.75 Å². The number of ether oxygens (including phenoxy) is 2. The van der Waals surface area contributed by atoms with Gasteiger partial charge in [-0.15, -0.1) is 0 Å². The molecule has 1 N–H and O–H groups in total. The SMILES string of the molecule is COc1cc(Br)ccc1C(=O)NC1(C)CCOC1C. The Balaban J connectivity index is 2.21. The first-order valence-electron chi connectivity index (χ1n) is 6.24. The molecule has 1 amide bonds. The number of benzene rings is 1. The molecule has 1 aromatic rings. The van der Waals surface area contributed by atoms with Gasteiger partial charge in [0, 0.05) is 11.1 Å². The van der Waals surface area contributed by atoms with Gasteiger partial charge in [-0.05, 0) is 38.5 Å². The number of rotatable bonds is 3. The van der Waals surface area contributed by atoms with Crippen molar-refractivity contribution < 1.29 is 14.3 Å². The van der Waals surface area contributed by atoms with Crippen molar-refractivity contribution in [2.45, 2.75) is 31.9 Å². The van der Waals surface area contributed by atoms with E-state index in [0.29, 0.717) is 17.9 Å². The minimum Gasteiger partial charge on any atom is -0.496 e. The van der Waals surface area contributed by atoms with Crippen LogP contribution < -0.4 is 10.1 Å². The Morgan fingerprint density at radius 3 is 2.89 bits per heavy atom. The fourth-order valence-electron chi connectivity index (χ4n) is 2.18. The van der Waals surface area contributed by atoms with E-state index >= 15 is 0 Å². The van der Waals surface area contributed by atoms with E-state index in [4.69, 9.17) is 9.47 Å². The number of methoxy groups -OCH3 is 1. The summed E-state index contributed by atoms with van der Waals surface area (Å²) < 4.78 is 11.7. The second-order valence-electron chi connectivity index (χ2n) is 4.98. The van der Waals surface area contributed by atoms with Crippen LogP contribution in [0.3, 0.4) is 0 Å². The molecular weight excluding hydrogens is 310 g/mol. The average molecular weight is 328 g/mol. The molecule has 19 heavy (non-hydrogen) atoms. The number of halogens is 1. The van der Waals surface area contributed by atoms with Crippen LogP contribution in [0.2, 0.25) is 0 Å². The molecule has 1 saturated heterocycles. The molecule has 0 aliphatic carbocycles. The molecule has 2 atom stereocenters. The first kappa shape index (κ1) is 14.3. The number of hydrogen-bond acceptors (Lipinski definition) is 3. The molecule has 104 valence electrons. The van der Waals surface area contributed by atoms with Crippen molar-refractivity contribution in [1.29, 1.82) is 0 Å². The molecule has 0 bridgehead atoms. The number of nitrogens with one attached hydrogen (secondary N) is 1. The third-order valence-corrected chi connectivity index (χ3v) is 4.19. The van der Waals surface area contributed by atoms with Gasteiger partial charge in [-0.2, -0.15) is 0 Å². The summed E-state index contributed by atoms with van der Waals surface area (Å²) in [5.41, 5.74) is 0.209. The van der Waals surface area contributed by atoms with Crippen LogP contribution in [0.25, 0.3) is 0 Å². The molecule has 0 spiro atoms. The van der Waals surface area contributed by atoms with Gasteiger partial charge < -0.3 is 14.8 Å². The molecule has 5 heteroatoms. The highest BCUT2D eigenvalue weighted by Crippen LogP contribution is 2.28. The number of carbonyl (C=O) groups is 1. The Labute approximate surface area is 121 Å². The maximum atomic E-state index is 12.4. The highest BCUT2D eigenvalue weighted by atomic mass is 79.9. The van der Waals surface area contributed by atoms with E-state index in [1.165, 1.54) is 0 Å². The first-order chi connectivity index (χ1) is 8.96. The van der Waals surface area contributed by atoms with Gasteiger partial charge >= 0.3 is 0 Å². The van der Waals surface area contributed by atoms with Crippen LogP contribution in [0.4, 0.5) is 0 Å². The normalized spacial score (nSPS) is 26.2. The van der Waals surface area contributed by atoms with Crippen LogP contribution in [0.15, 0.2) is 22.7 Å². The highest BCUT2D eigenvalue weighted by molar-refractivity contribution is 9.10. The Hall–Kier alpha value is -1.07. The summed E-state index contributed by atoms with van der Waals surface area (Å²) in [6.45, 7) is 4.66. The monoisotopic (exact) mass is 327 g/mol. The third-order valence-electron chi connectivity index (χ3n) is 3.69. The summed E-state index contributed by atoms with van der Waals surface area (Å²) in [6, 6.07) is 5.36. The van der Waals surface area contributed by atoms with E-state index < -0.39 is 0 Å². The van der Waals surface area contributed by atoms with Crippen molar-refractivity contribution in [3.63, 3.8) is 0 Å². The minimum absolute atomic E-state index is 0.0119. The van der Waals surface area contributed by atoms with Gasteiger partial charge in [0.15, 0.2) is 0 Å². The number of carbonyl (C=O) groups excluding carboxylic acids is 1. The zero-order chi connectivity index (χ0) is 14.0. The zero-order valence-electron chi connectivity index (χ0n) is 11.3. The van der Waals surface area contributed by atoms with Crippen LogP contribution in [-0.2, 0) is 4.74 Å². The van der Waals surface area contributed by atoms with Gasteiger partial charge in [0.1, 0.15) is 5.75 Å². The number of hydrogen-bond donors (Lipinski definition) is 1. The van der Waals surface area contributed by atoms with Crippen LogP contribution in [-0.4, -0.2) is 31.3 Å². The van der Waals surface area contributed by atoms with E-state index in [-0.39, 0.29) is 17.6 Å². The Morgan fingerprint density at radius 1 is 1.58 bits per heavy atom. The summed E-state index contributed by atoms with van der Waals surface area (Å²) in [5.74, 6) is 0.422. The quantitative estimate of drug-likeness (QED) is 0.928. The summed E-state index contributed by atoms with van der Waals surface area (Å²) in [4.78, 5) is 12.4. The Kier molecular flexibility index (Phi) is 4.16. The van der Waals surface area contributed by atoms with Gasteiger partial charge in [-0.1, -0.05) is 15.9 Å². The molecule has 0 radical (unpaired) electrons. The largest absolute Gasteiger partial charge is 0.496 e. The maximum absolute atomic E-state index is 12.4. The van der Waals surface area contributed by atoms with Crippen LogP contribution in [0, 0.1) is 0 Å². The lowest BCUT2D eigenvalue weighted by molar-refractivity contribution is 0.0725. The molecule has 2 rings (SSSR count). The van der Waals surface area contributed by atoms with Gasteiger partial charge in [0.2, 0.25) is 0 Å². The van der Waals surface area contributed by atoms with Crippen molar-refractivity contribution in [3.8, 4) is 5.75 Å². The Morgan fingerprint density at radius 2 is 2.32 bits per heavy atom. The standard InChI is InChI=1S/C14H18BrNO3/c1-9-14(2,6-7-19-9)16-13(17)11-5-4-10(15)8-12(11)18-3/h4-5,8-9H,6-7H2,1-3H3,(H,16,17). The first-order valence-corrected chi connectivity index (χ1v) is 7.03. The lowest BCUT2D eigenvalue weighted by atomic mass is 9.94. The summed E-state index contributed by atoms with van der Waals surface area (Å²) >= 11 is 3.36. The van der Waals surface area contributed by atoms with E-state index in [1.54, 1.807) is 19.2 Å². The lowest BCUT2D eigenvalue weighted by Gasteiger charge is -2.29. The third kappa shape index (κ3) is 2.92. The second-order valence-corrected chi connectivity index (χ2v) is 5.89. The van der Waals surface area contributed by atoms with Crippen molar-refractivity contribution in [3.05, 3.63) is 28.2 Å². The predicted octanol–water partition coefficient (Wildman–Crippen LogP) is 2.76. The molecule has 2 unspecified atom stereocenters. The smallest absolute Gasteiger partial charge is 0.255 e. The fraction of sp³-hybridized carbons (Fsp3) is 0.500. The van der Waals surface area contributed by atoms with E-state index in [2.05, 4.69) is 21.2 Å². The molecule has 1 aliphatic heterocycles. The van der Waals surface area contributed by atoms with Gasteiger partial charge in [-0.25, -0.2) is 0 Å². The van der Waals surface area contributed by atoms with E-state index in [0.717, 1.165) is 10.9 Å². The van der Waals surface area contributed by atoms with E-state index in [1.807, 2.05) is 19.9 Å². The summed E-state index contributed by atoms with van der Waals surface area (Å²) in [6.07, 6.45) is 0.830. The second kappa shape index (κ2) is 5.51. The molecule has 0 saturated carbocycles. The van der Waals surface area contributed by atoms with Gasteiger partial charge in [0.25, 0.3) is 5.91 Å².